The van der Waals surface area contributed by atoms with Crippen LogP contribution < -0.4 is 11.5 Å². The molecule has 10 nitrogen and oxygen atoms in total. The Kier molecular flexibility index (Phi) is 12.7. The number of anilines is 1. The zero-order chi connectivity index (χ0) is 34.1. The molecule has 0 unspecified atom stereocenters. The van der Waals surface area contributed by atoms with Crippen molar-refractivity contribution in [2.45, 2.75) is 61.3 Å². The van der Waals surface area contributed by atoms with Gasteiger partial charge in [-0.15, -0.1) is 0 Å². The van der Waals surface area contributed by atoms with Crippen LogP contribution in [0.15, 0.2) is 89.8 Å². The zero-order valence-electron chi connectivity index (χ0n) is 25.5. The Balaban J connectivity index is 1.90. The van der Waals surface area contributed by atoms with E-state index in [9.17, 15) is 36.3 Å². The summed E-state index contributed by atoms with van der Waals surface area (Å²) < 4.78 is 76.0. The highest BCUT2D eigenvalue weighted by Gasteiger charge is 2.50. The SMILES string of the molecule is CCN([C@H](CO)CCC[C@@H](N(C(=O)OC)C(=O)[C@@H](N)C(c1ccccc1)c1ccccc1)C(F)(F)F)S(=O)(=O)c1ccc(N)cc1. The smallest absolute Gasteiger partial charge is 0.416 e. The molecular weight excluding hydrogens is 625 g/mol. The number of nitrogens with zero attached hydrogens (tertiary/aromatic N) is 2. The van der Waals surface area contributed by atoms with Gasteiger partial charge in [-0.05, 0) is 54.7 Å². The van der Waals surface area contributed by atoms with Crippen LogP contribution in [0, 0.1) is 0 Å². The van der Waals surface area contributed by atoms with Crippen molar-refractivity contribution in [3.8, 4) is 0 Å². The van der Waals surface area contributed by atoms with E-state index >= 15 is 0 Å². The molecule has 0 spiro atoms. The van der Waals surface area contributed by atoms with Gasteiger partial charge in [0, 0.05) is 24.2 Å². The molecule has 2 amide bonds. The second-order valence-electron chi connectivity index (χ2n) is 10.6. The number of imide groups is 1. The summed E-state index contributed by atoms with van der Waals surface area (Å²) in [7, 11) is -3.28. The fourth-order valence-corrected chi connectivity index (χ4v) is 7.07. The van der Waals surface area contributed by atoms with Crippen LogP contribution in [-0.2, 0) is 19.6 Å². The number of carbonyl (C=O) groups excluding carboxylic acids is 2. The molecule has 0 saturated carbocycles. The third-order valence-corrected chi connectivity index (χ3v) is 9.73. The number of nitrogen functional groups attached to an aromatic ring is 1. The Morgan fingerprint density at radius 1 is 0.913 bits per heavy atom. The molecular formula is C32H39F3N4O6S. The summed E-state index contributed by atoms with van der Waals surface area (Å²) in [5.74, 6) is -2.20. The summed E-state index contributed by atoms with van der Waals surface area (Å²) >= 11 is 0. The molecule has 250 valence electrons. The Labute approximate surface area is 266 Å². The summed E-state index contributed by atoms with van der Waals surface area (Å²) in [6.07, 6.45) is -7.96. The minimum Gasteiger partial charge on any atom is -0.452 e. The highest BCUT2D eigenvalue weighted by atomic mass is 32.2. The van der Waals surface area contributed by atoms with Crippen LogP contribution in [0.3, 0.4) is 0 Å². The molecule has 14 heteroatoms. The Morgan fingerprint density at radius 3 is 1.87 bits per heavy atom. The van der Waals surface area contributed by atoms with Gasteiger partial charge in [-0.1, -0.05) is 67.6 Å². The molecule has 0 aliphatic carbocycles. The average molecular weight is 665 g/mol. The molecule has 0 fully saturated rings. The normalized spacial score (nSPS) is 14.1. The third-order valence-electron chi connectivity index (χ3n) is 7.69. The zero-order valence-corrected chi connectivity index (χ0v) is 26.3. The predicted octanol–water partition coefficient (Wildman–Crippen LogP) is 4.50. The minimum absolute atomic E-state index is 0.000203. The van der Waals surface area contributed by atoms with Crippen LogP contribution in [0.2, 0.25) is 0 Å². The maximum atomic E-state index is 14.6. The van der Waals surface area contributed by atoms with Gasteiger partial charge in [0.15, 0.2) is 0 Å². The van der Waals surface area contributed by atoms with Gasteiger partial charge in [0.2, 0.25) is 15.9 Å². The van der Waals surface area contributed by atoms with Crippen molar-refractivity contribution in [1.82, 2.24) is 9.21 Å². The number of likely N-dealkylation sites (N-methyl/N-ethyl adjacent to an activating group) is 1. The highest BCUT2D eigenvalue weighted by Crippen LogP contribution is 2.34. The van der Waals surface area contributed by atoms with E-state index in [0.29, 0.717) is 16.8 Å². The quantitative estimate of drug-likeness (QED) is 0.213. The molecule has 0 aromatic heterocycles. The van der Waals surface area contributed by atoms with Gasteiger partial charge < -0.3 is 21.3 Å². The van der Waals surface area contributed by atoms with Crippen molar-refractivity contribution in [2.24, 2.45) is 5.73 Å². The topological polar surface area (TPSA) is 156 Å². The molecule has 3 aromatic carbocycles. The number of amides is 2. The van der Waals surface area contributed by atoms with Gasteiger partial charge in [-0.3, -0.25) is 4.79 Å². The number of sulfonamides is 1. The molecule has 3 aromatic rings. The van der Waals surface area contributed by atoms with Crippen LogP contribution in [-0.4, -0.2) is 79.3 Å². The van der Waals surface area contributed by atoms with Crippen molar-refractivity contribution >= 4 is 27.7 Å². The standard InChI is InChI=1S/C32H39F3N4O6S/c1-3-38(46(43,44)26-19-17-24(36)18-20-26)25(21-40)15-10-16-27(32(33,34)35)39(31(42)45-2)30(41)29(37)28(22-11-6-4-7-12-22)23-13-8-5-9-14-23/h4-9,11-14,17-20,25,27-29,40H,3,10,15-16,21,36-37H2,1-2H3/t25-,27+,29-/m0/s1. The number of hydrogen-bond acceptors (Lipinski definition) is 8. The fourth-order valence-electron chi connectivity index (χ4n) is 5.41. The summed E-state index contributed by atoms with van der Waals surface area (Å²) in [6.45, 7) is 0.771. The number of benzene rings is 3. The van der Waals surface area contributed by atoms with E-state index in [1.807, 2.05) is 0 Å². The minimum atomic E-state index is -5.09. The monoisotopic (exact) mass is 664 g/mol. The summed E-state index contributed by atoms with van der Waals surface area (Å²) in [5.41, 5.74) is 13.5. The number of aliphatic hydroxyl groups excluding tert-OH is 1. The van der Waals surface area contributed by atoms with Crippen LogP contribution in [0.4, 0.5) is 23.7 Å². The van der Waals surface area contributed by atoms with Crippen molar-refractivity contribution in [3.05, 3.63) is 96.1 Å². The number of halogens is 3. The van der Waals surface area contributed by atoms with Gasteiger partial charge in [0.1, 0.15) is 6.04 Å². The fraction of sp³-hybridized carbons (Fsp3) is 0.375. The van der Waals surface area contributed by atoms with Crippen LogP contribution in [0.25, 0.3) is 0 Å². The molecule has 0 aliphatic rings. The van der Waals surface area contributed by atoms with Crippen molar-refractivity contribution in [2.75, 3.05) is 26.0 Å². The van der Waals surface area contributed by atoms with Crippen molar-refractivity contribution in [3.63, 3.8) is 0 Å². The Hall–Kier alpha value is -3.98. The predicted molar refractivity (Wildman–Crippen MR) is 167 cm³/mol. The number of nitrogens with two attached hydrogens (primary N) is 2. The highest BCUT2D eigenvalue weighted by molar-refractivity contribution is 7.89. The lowest BCUT2D eigenvalue weighted by Crippen LogP contribution is -2.57. The number of alkyl halides is 3. The molecule has 0 aliphatic heterocycles. The first kappa shape index (κ1) is 36.5. The van der Waals surface area contributed by atoms with Gasteiger partial charge in [-0.2, -0.15) is 17.5 Å². The van der Waals surface area contributed by atoms with Gasteiger partial charge >= 0.3 is 12.3 Å². The molecule has 3 atom stereocenters. The summed E-state index contributed by atoms with van der Waals surface area (Å²) in [6, 6.07) is 17.0. The molecule has 5 N–H and O–H groups in total. The number of hydrogen-bond donors (Lipinski definition) is 3. The lowest BCUT2D eigenvalue weighted by Gasteiger charge is -2.35. The first-order valence-electron chi connectivity index (χ1n) is 14.6. The number of carbonyl (C=O) groups is 2. The first-order chi connectivity index (χ1) is 21.8. The maximum absolute atomic E-state index is 14.6. The van der Waals surface area contributed by atoms with Gasteiger partial charge in [0.05, 0.1) is 24.7 Å². The van der Waals surface area contributed by atoms with E-state index in [-0.39, 0.29) is 29.2 Å². The molecule has 46 heavy (non-hydrogen) atoms. The van der Waals surface area contributed by atoms with E-state index < -0.39 is 65.3 Å². The lowest BCUT2D eigenvalue weighted by atomic mass is 9.84. The average Bonchev–Trinajstić information content (AvgIpc) is 3.04. The molecule has 0 heterocycles. The third kappa shape index (κ3) is 8.63. The van der Waals surface area contributed by atoms with Gasteiger partial charge in [0.25, 0.3) is 0 Å². The van der Waals surface area contributed by atoms with Crippen LogP contribution in [0.5, 0.6) is 0 Å². The molecule has 0 saturated heterocycles. The molecule has 3 rings (SSSR count). The van der Waals surface area contributed by atoms with E-state index in [4.69, 9.17) is 11.5 Å². The van der Waals surface area contributed by atoms with E-state index in [1.54, 1.807) is 60.7 Å². The molecule has 0 radical (unpaired) electrons. The maximum Gasteiger partial charge on any atom is 0.416 e. The lowest BCUT2D eigenvalue weighted by molar-refractivity contribution is -0.187. The summed E-state index contributed by atoms with van der Waals surface area (Å²) in [5, 5.41) is 10.1. The van der Waals surface area contributed by atoms with E-state index in [1.165, 1.54) is 31.2 Å². The second kappa shape index (κ2) is 16.0. The number of aliphatic hydroxyl groups is 1. The van der Waals surface area contributed by atoms with Crippen molar-refractivity contribution in [1.29, 1.82) is 0 Å². The van der Waals surface area contributed by atoms with E-state index in [2.05, 4.69) is 4.74 Å². The van der Waals surface area contributed by atoms with E-state index in [0.717, 1.165) is 11.4 Å². The largest absolute Gasteiger partial charge is 0.452 e. The number of ether oxygens (including phenoxy) is 1. The Morgan fingerprint density at radius 2 is 1.43 bits per heavy atom. The summed E-state index contributed by atoms with van der Waals surface area (Å²) in [4.78, 5) is 26.6. The molecule has 0 bridgehead atoms. The second-order valence-corrected chi connectivity index (χ2v) is 12.5. The van der Waals surface area contributed by atoms with Gasteiger partial charge in [-0.25, -0.2) is 18.1 Å². The van der Waals surface area contributed by atoms with Crippen LogP contribution >= 0.6 is 0 Å². The van der Waals surface area contributed by atoms with Crippen LogP contribution in [0.1, 0.15) is 43.2 Å². The van der Waals surface area contributed by atoms with Crippen molar-refractivity contribution < 1.29 is 41.0 Å². The first-order valence-corrected chi connectivity index (χ1v) is 16.0. The Bertz CT molecular complexity index is 1490. The number of methoxy groups -OCH3 is 1. The number of rotatable bonds is 14.